The van der Waals surface area contributed by atoms with Gasteiger partial charge in [-0.2, -0.15) is 0 Å². The van der Waals surface area contributed by atoms with Crippen LogP contribution in [-0.4, -0.2) is 12.4 Å². The van der Waals surface area contributed by atoms with Crippen molar-refractivity contribution in [1.29, 1.82) is 0 Å². The normalized spacial score (nSPS) is 22.2. The van der Waals surface area contributed by atoms with E-state index in [1.54, 1.807) is 0 Å². The first-order chi connectivity index (χ1) is 8.27. The van der Waals surface area contributed by atoms with E-state index in [1.165, 1.54) is 0 Å². The maximum absolute atomic E-state index is 5.88. The average molecular weight is 226 g/mol. The molecule has 0 bridgehead atoms. The summed E-state index contributed by atoms with van der Waals surface area (Å²) in [5.41, 5.74) is 2.26. The lowest BCUT2D eigenvalue weighted by molar-refractivity contribution is 0.0809. The topological polar surface area (TPSA) is 21.8 Å². The molecule has 2 aromatic rings. The Labute approximate surface area is 101 Å². The first-order valence-electron chi connectivity index (χ1n) is 5.74. The van der Waals surface area contributed by atoms with Crippen LogP contribution in [0.4, 0.5) is 0 Å². The average Bonchev–Trinajstić information content (AvgIpc) is 3.09. The maximum atomic E-state index is 5.88. The number of benzene rings is 2. The van der Waals surface area contributed by atoms with E-state index in [4.69, 9.17) is 9.47 Å². The second-order valence-corrected chi connectivity index (χ2v) is 4.39. The fourth-order valence-corrected chi connectivity index (χ4v) is 1.80. The van der Waals surface area contributed by atoms with E-state index in [0.29, 0.717) is 6.61 Å². The van der Waals surface area contributed by atoms with Crippen LogP contribution in [0.1, 0.15) is 6.92 Å². The zero-order valence-corrected chi connectivity index (χ0v) is 9.72. The second-order valence-electron chi connectivity index (χ2n) is 4.39. The predicted molar refractivity (Wildman–Crippen MR) is 66.9 cm³/mol. The van der Waals surface area contributed by atoms with Crippen molar-refractivity contribution in [3.8, 4) is 16.9 Å². The van der Waals surface area contributed by atoms with Gasteiger partial charge in [-0.05, 0) is 11.6 Å². The highest BCUT2D eigenvalue weighted by Gasteiger charge is 2.42. The molecule has 3 rings (SSSR count). The minimum atomic E-state index is -0.426. The van der Waals surface area contributed by atoms with Gasteiger partial charge in [0, 0.05) is 12.5 Å². The van der Waals surface area contributed by atoms with Crippen molar-refractivity contribution in [2.45, 2.75) is 12.7 Å². The third kappa shape index (κ3) is 2.17. The molecule has 0 spiro atoms. The Bertz CT molecular complexity index is 515. The largest absolute Gasteiger partial charge is 0.459 e. The summed E-state index contributed by atoms with van der Waals surface area (Å²) in [5.74, 6) is 0.448. The van der Waals surface area contributed by atoms with Crippen LogP contribution in [0.5, 0.6) is 5.75 Å². The highest BCUT2D eigenvalue weighted by molar-refractivity contribution is 5.70. The number of hydrogen-bond acceptors (Lipinski definition) is 2. The zero-order chi connectivity index (χ0) is 11.7. The van der Waals surface area contributed by atoms with Gasteiger partial charge in [-0.3, -0.25) is 0 Å². The molecule has 1 heterocycles. The monoisotopic (exact) mass is 226 g/mol. The maximum Gasteiger partial charge on any atom is 0.231 e. The Morgan fingerprint density at radius 1 is 1.00 bits per heavy atom. The van der Waals surface area contributed by atoms with Gasteiger partial charge in [-0.1, -0.05) is 48.5 Å². The molecule has 0 saturated carbocycles. The van der Waals surface area contributed by atoms with Crippen molar-refractivity contribution in [2.75, 3.05) is 6.61 Å². The first kappa shape index (κ1) is 10.4. The highest BCUT2D eigenvalue weighted by Crippen LogP contribution is 2.36. The van der Waals surface area contributed by atoms with Crippen LogP contribution in [0.2, 0.25) is 0 Å². The molecule has 1 atom stereocenters. The Balaban J connectivity index is 1.99. The number of ether oxygens (including phenoxy) is 2. The molecular formula is C15H14O2. The summed E-state index contributed by atoms with van der Waals surface area (Å²) >= 11 is 0. The van der Waals surface area contributed by atoms with E-state index in [2.05, 4.69) is 18.2 Å². The summed E-state index contributed by atoms with van der Waals surface area (Å²) in [5, 5.41) is 0. The summed E-state index contributed by atoms with van der Waals surface area (Å²) in [7, 11) is 0. The van der Waals surface area contributed by atoms with Gasteiger partial charge >= 0.3 is 0 Å². The molecule has 1 saturated heterocycles. The van der Waals surface area contributed by atoms with Crippen LogP contribution in [0.3, 0.4) is 0 Å². The van der Waals surface area contributed by atoms with Gasteiger partial charge < -0.3 is 9.47 Å². The molecule has 0 N–H and O–H groups in total. The van der Waals surface area contributed by atoms with Gasteiger partial charge in [-0.25, -0.2) is 0 Å². The minimum Gasteiger partial charge on any atom is -0.459 e. The molecule has 0 amide bonds. The van der Waals surface area contributed by atoms with E-state index < -0.39 is 5.79 Å². The molecule has 1 unspecified atom stereocenters. The van der Waals surface area contributed by atoms with Crippen molar-refractivity contribution in [1.82, 2.24) is 0 Å². The molecule has 86 valence electrons. The van der Waals surface area contributed by atoms with Gasteiger partial charge in [0.2, 0.25) is 5.79 Å². The van der Waals surface area contributed by atoms with E-state index in [9.17, 15) is 0 Å². The predicted octanol–water partition coefficient (Wildman–Crippen LogP) is 3.48. The Morgan fingerprint density at radius 2 is 1.65 bits per heavy atom. The summed E-state index contributed by atoms with van der Waals surface area (Å²) in [4.78, 5) is 0. The zero-order valence-electron chi connectivity index (χ0n) is 9.72. The molecule has 2 nitrogen and oxygen atoms in total. The van der Waals surface area contributed by atoms with Crippen LogP contribution >= 0.6 is 0 Å². The standard InChI is InChI=1S/C15H14O2/c1-15(11-16-15)17-14-10-6-5-9-13(14)12-7-3-2-4-8-12/h2-10H,11H2,1H3. The van der Waals surface area contributed by atoms with Gasteiger partial charge in [-0.15, -0.1) is 0 Å². The van der Waals surface area contributed by atoms with Crippen molar-refractivity contribution >= 4 is 0 Å². The van der Waals surface area contributed by atoms with E-state index in [0.717, 1.165) is 16.9 Å². The highest BCUT2D eigenvalue weighted by atomic mass is 16.8. The molecule has 0 aromatic heterocycles. The SMILES string of the molecule is CC1(Oc2ccccc2-c2ccccc2)CO1. The molecule has 0 aliphatic carbocycles. The Kier molecular flexibility index (Phi) is 2.37. The lowest BCUT2D eigenvalue weighted by atomic mass is 10.0. The quantitative estimate of drug-likeness (QED) is 0.747. The van der Waals surface area contributed by atoms with Crippen molar-refractivity contribution in [2.24, 2.45) is 0 Å². The van der Waals surface area contributed by atoms with E-state index in [-0.39, 0.29) is 0 Å². The first-order valence-corrected chi connectivity index (χ1v) is 5.74. The summed E-state index contributed by atoms with van der Waals surface area (Å²) < 4.78 is 11.1. The number of epoxide rings is 1. The van der Waals surface area contributed by atoms with Crippen molar-refractivity contribution in [3.63, 3.8) is 0 Å². The Morgan fingerprint density at radius 3 is 2.35 bits per heavy atom. The van der Waals surface area contributed by atoms with Crippen LogP contribution in [0, 0.1) is 0 Å². The number of para-hydroxylation sites is 1. The molecule has 1 fully saturated rings. The van der Waals surface area contributed by atoms with Crippen LogP contribution in [0.25, 0.3) is 11.1 Å². The lowest BCUT2D eigenvalue weighted by Gasteiger charge is -2.14. The number of rotatable bonds is 3. The van der Waals surface area contributed by atoms with Crippen LogP contribution in [0.15, 0.2) is 54.6 Å². The third-order valence-corrected chi connectivity index (χ3v) is 2.85. The molecule has 17 heavy (non-hydrogen) atoms. The molecule has 2 aromatic carbocycles. The summed E-state index contributed by atoms with van der Waals surface area (Å²) in [6, 6.07) is 18.3. The van der Waals surface area contributed by atoms with Gasteiger partial charge in [0.05, 0.1) is 0 Å². The van der Waals surface area contributed by atoms with E-state index in [1.807, 2.05) is 43.3 Å². The van der Waals surface area contributed by atoms with Crippen molar-refractivity contribution in [3.05, 3.63) is 54.6 Å². The fraction of sp³-hybridized carbons (Fsp3) is 0.200. The van der Waals surface area contributed by atoms with Gasteiger partial charge in [0.1, 0.15) is 12.4 Å². The molecule has 1 aliphatic rings. The van der Waals surface area contributed by atoms with Crippen LogP contribution < -0.4 is 4.74 Å². The molecule has 2 heteroatoms. The molecule has 0 radical (unpaired) electrons. The van der Waals surface area contributed by atoms with Crippen LogP contribution in [-0.2, 0) is 4.74 Å². The van der Waals surface area contributed by atoms with Gasteiger partial charge in [0.25, 0.3) is 0 Å². The third-order valence-electron chi connectivity index (χ3n) is 2.85. The lowest BCUT2D eigenvalue weighted by Crippen LogP contribution is -2.14. The van der Waals surface area contributed by atoms with Gasteiger partial charge in [0.15, 0.2) is 0 Å². The summed E-state index contributed by atoms with van der Waals surface area (Å²) in [6.45, 7) is 2.62. The Hall–Kier alpha value is -1.80. The molecule has 1 aliphatic heterocycles. The van der Waals surface area contributed by atoms with Crippen molar-refractivity contribution < 1.29 is 9.47 Å². The minimum absolute atomic E-state index is 0.426. The molecular weight excluding hydrogens is 212 g/mol. The number of hydrogen-bond donors (Lipinski definition) is 0. The summed E-state index contributed by atoms with van der Waals surface area (Å²) in [6.07, 6.45) is 0. The second kappa shape index (κ2) is 3.90. The fourth-order valence-electron chi connectivity index (χ4n) is 1.80. The smallest absolute Gasteiger partial charge is 0.231 e. The van der Waals surface area contributed by atoms with E-state index >= 15 is 0 Å².